The SMILES string of the molecule is Cc1nn(CC(C)C)c(Cl)c1/C=N\NC(=O)C(N)=O. The van der Waals surface area contributed by atoms with Crippen LogP contribution in [0.5, 0.6) is 0 Å². The second-order valence-corrected chi connectivity index (χ2v) is 4.79. The fourth-order valence-electron chi connectivity index (χ4n) is 1.39. The van der Waals surface area contributed by atoms with Crippen LogP contribution in [0.15, 0.2) is 5.10 Å². The van der Waals surface area contributed by atoms with Gasteiger partial charge in [0.2, 0.25) is 0 Å². The highest BCUT2D eigenvalue weighted by molar-refractivity contribution is 6.34. The zero-order valence-electron chi connectivity index (χ0n) is 11.0. The zero-order chi connectivity index (χ0) is 14.6. The van der Waals surface area contributed by atoms with Crippen LogP contribution in [-0.4, -0.2) is 27.8 Å². The number of carbonyl (C=O) groups excluding carboxylic acids is 2. The molecule has 2 amide bonds. The van der Waals surface area contributed by atoms with E-state index < -0.39 is 11.8 Å². The minimum absolute atomic E-state index is 0.399. The minimum Gasteiger partial charge on any atom is -0.361 e. The summed E-state index contributed by atoms with van der Waals surface area (Å²) < 4.78 is 1.67. The maximum absolute atomic E-state index is 10.9. The van der Waals surface area contributed by atoms with Crippen molar-refractivity contribution < 1.29 is 9.59 Å². The quantitative estimate of drug-likeness (QED) is 0.476. The lowest BCUT2D eigenvalue weighted by molar-refractivity contribution is -0.137. The summed E-state index contributed by atoms with van der Waals surface area (Å²) in [5.74, 6) is -1.69. The van der Waals surface area contributed by atoms with Crippen LogP contribution in [0.25, 0.3) is 0 Å². The molecule has 0 aliphatic heterocycles. The normalized spacial score (nSPS) is 11.2. The van der Waals surface area contributed by atoms with Gasteiger partial charge in [-0.25, -0.2) is 5.43 Å². The molecule has 0 fully saturated rings. The summed E-state index contributed by atoms with van der Waals surface area (Å²) in [4.78, 5) is 21.4. The van der Waals surface area contributed by atoms with Crippen molar-refractivity contribution in [1.82, 2.24) is 15.2 Å². The van der Waals surface area contributed by atoms with Gasteiger partial charge in [-0.1, -0.05) is 25.4 Å². The van der Waals surface area contributed by atoms with Crippen LogP contribution in [0.2, 0.25) is 5.15 Å². The largest absolute Gasteiger partial charge is 0.361 e. The van der Waals surface area contributed by atoms with Crippen molar-refractivity contribution in [2.75, 3.05) is 0 Å². The molecule has 104 valence electrons. The summed E-state index contributed by atoms with van der Waals surface area (Å²) in [6, 6.07) is 0. The van der Waals surface area contributed by atoms with Crippen molar-refractivity contribution in [1.29, 1.82) is 0 Å². The summed E-state index contributed by atoms with van der Waals surface area (Å²) in [5.41, 5.74) is 8.04. The molecule has 1 aromatic heterocycles. The molecule has 0 spiro atoms. The summed E-state index contributed by atoms with van der Waals surface area (Å²) in [6.07, 6.45) is 1.34. The van der Waals surface area contributed by atoms with E-state index in [2.05, 4.69) is 10.2 Å². The average molecular weight is 286 g/mol. The summed E-state index contributed by atoms with van der Waals surface area (Å²) in [6.45, 7) is 6.56. The second kappa shape index (κ2) is 6.33. The number of primary amides is 1. The fraction of sp³-hybridized carbons (Fsp3) is 0.455. The number of halogens is 1. The zero-order valence-corrected chi connectivity index (χ0v) is 11.7. The number of carbonyl (C=O) groups is 2. The highest BCUT2D eigenvalue weighted by atomic mass is 35.5. The summed E-state index contributed by atoms with van der Waals surface area (Å²) in [5, 5.41) is 8.32. The summed E-state index contributed by atoms with van der Waals surface area (Å²) in [7, 11) is 0. The van der Waals surface area contributed by atoms with Gasteiger partial charge in [0.25, 0.3) is 0 Å². The van der Waals surface area contributed by atoms with Crippen molar-refractivity contribution in [3.05, 3.63) is 16.4 Å². The van der Waals surface area contributed by atoms with Gasteiger partial charge >= 0.3 is 11.8 Å². The highest BCUT2D eigenvalue weighted by Crippen LogP contribution is 2.18. The molecule has 19 heavy (non-hydrogen) atoms. The lowest BCUT2D eigenvalue weighted by atomic mass is 10.2. The van der Waals surface area contributed by atoms with Crippen molar-refractivity contribution in [2.45, 2.75) is 27.3 Å². The molecule has 0 aliphatic rings. The monoisotopic (exact) mass is 285 g/mol. The molecule has 0 unspecified atom stereocenters. The molecule has 0 atom stereocenters. The predicted octanol–water partition coefficient (Wildman–Crippen LogP) is 0.436. The lowest BCUT2D eigenvalue weighted by Crippen LogP contribution is -2.32. The third kappa shape index (κ3) is 4.06. The molecule has 0 saturated carbocycles. The van der Waals surface area contributed by atoms with E-state index in [0.29, 0.717) is 28.9 Å². The molecule has 0 aromatic carbocycles. The number of hydrazone groups is 1. The van der Waals surface area contributed by atoms with Crippen LogP contribution in [0.4, 0.5) is 0 Å². The molecule has 1 rings (SSSR count). The first-order valence-corrected chi connectivity index (χ1v) is 6.06. The third-order valence-corrected chi connectivity index (χ3v) is 2.63. The fourth-order valence-corrected chi connectivity index (χ4v) is 1.68. The molecule has 0 radical (unpaired) electrons. The van der Waals surface area contributed by atoms with Crippen molar-refractivity contribution in [3.8, 4) is 0 Å². The number of nitrogens with one attached hydrogen (secondary N) is 1. The maximum Gasteiger partial charge on any atom is 0.329 e. The predicted molar refractivity (Wildman–Crippen MR) is 71.7 cm³/mol. The van der Waals surface area contributed by atoms with E-state index in [1.54, 1.807) is 11.6 Å². The topological polar surface area (TPSA) is 102 Å². The number of aromatic nitrogens is 2. The van der Waals surface area contributed by atoms with Crippen molar-refractivity contribution in [2.24, 2.45) is 16.8 Å². The van der Waals surface area contributed by atoms with Gasteiger partial charge in [-0.3, -0.25) is 14.3 Å². The van der Waals surface area contributed by atoms with E-state index in [4.69, 9.17) is 17.3 Å². The number of hydrogen-bond acceptors (Lipinski definition) is 4. The van der Waals surface area contributed by atoms with Crippen LogP contribution >= 0.6 is 11.6 Å². The van der Waals surface area contributed by atoms with Gasteiger partial charge in [0, 0.05) is 6.54 Å². The van der Waals surface area contributed by atoms with Crippen molar-refractivity contribution >= 4 is 29.6 Å². The van der Waals surface area contributed by atoms with Gasteiger partial charge in [-0.05, 0) is 12.8 Å². The third-order valence-electron chi connectivity index (χ3n) is 2.23. The van der Waals surface area contributed by atoms with Gasteiger partial charge in [0.1, 0.15) is 5.15 Å². The number of amides is 2. The number of aryl methyl sites for hydroxylation is 1. The Morgan fingerprint density at radius 2 is 2.21 bits per heavy atom. The molecular formula is C11H16ClN5O2. The van der Waals surface area contributed by atoms with Gasteiger partial charge in [0.05, 0.1) is 17.5 Å². The molecule has 3 N–H and O–H groups in total. The first kappa shape index (κ1) is 15.2. The van der Waals surface area contributed by atoms with E-state index in [-0.39, 0.29) is 0 Å². The Morgan fingerprint density at radius 3 is 2.74 bits per heavy atom. The molecule has 0 bridgehead atoms. The number of nitrogens with zero attached hydrogens (tertiary/aromatic N) is 3. The Bertz CT molecular complexity index is 521. The first-order valence-electron chi connectivity index (χ1n) is 5.68. The molecule has 7 nitrogen and oxygen atoms in total. The Balaban J connectivity index is 2.84. The van der Waals surface area contributed by atoms with Crippen LogP contribution in [0.1, 0.15) is 25.1 Å². The first-order chi connectivity index (χ1) is 8.82. The van der Waals surface area contributed by atoms with Gasteiger partial charge in [-0.2, -0.15) is 10.2 Å². The van der Waals surface area contributed by atoms with Crippen LogP contribution in [-0.2, 0) is 16.1 Å². The second-order valence-electron chi connectivity index (χ2n) is 4.43. The molecule has 1 heterocycles. The summed E-state index contributed by atoms with van der Waals surface area (Å²) >= 11 is 6.16. The van der Waals surface area contributed by atoms with E-state index >= 15 is 0 Å². The van der Waals surface area contributed by atoms with Gasteiger partial charge in [0.15, 0.2) is 0 Å². The minimum atomic E-state index is -1.10. The standard InChI is InChI=1S/C11H16ClN5O2/c1-6(2)5-17-9(12)8(7(3)16-17)4-14-15-11(19)10(13)18/h4,6H,5H2,1-3H3,(H2,13,18)(H,15,19)/b14-4-. The van der Waals surface area contributed by atoms with Crippen LogP contribution < -0.4 is 11.2 Å². The Hall–Kier alpha value is -1.89. The maximum atomic E-state index is 10.9. The highest BCUT2D eigenvalue weighted by Gasteiger charge is 2.13. The van der Waals surface area contributed by atoms with Crippen LogP contribution in [0, 0.1) is 12.8 Å². The number of rotatable bonds is 4. The molecule has 0 saturated heterocycles. The Kier molecular flexibility index (Phi) is 5.05. The van der Waals surface area contributed by atoms with Gasteiger partial charge < -0.3 is 5.73 Å². The molecular weight excluding hydrogens is 270 g/mol. The van der Waals surface area contributed by atoms with E-state index in [9.17, 15) is 9.59 Å². The van der Waals surface area contributed by atoms with E-state index in [1.165, 1.54) is 6.21 Å². The van der Waals surface area contributed by atoms with E-state index in [1.807, 2.05) is 19.3 Å². The van der Waals surface area contributed by atoms with E-state index in [0.717, 1.165) is 0 Å². The number of hydrogen-bond donors (Lipinski definition) is 2. The van der Waals surface area contributed by atoms with Crippen molar-refractivity contribution in [3.63, 3.8) is 0 Å². The Morgan fingerprint density at radius 1 is 1.58 bits per heavy atom. The smallest absolute Gasteiger partial charge is 0.329 e. The molecule has 0 aliphatic carbocycles. The molecule has 1 aromatic rings. The van der Waals surface area contributed by atoms with Gasteiger partial charge in [-0.15, -0.1) is 0 Å². The Labute approximate surface area is 115 Å². The lowest BCUT2D eigenvalue weighted by Gasteiger charge is -2.05. The van der Waals surface area contributed by atoms with Crippen LogP contribution in [0.3, 0.4) is 0 Å². The average Bonchev–Trinajstić information content (AvgIpc) is 2.55. The molecule has 8 heteroatoms. The number of nitrogens with two attached hydrogens (primary N) is 1.